The Labute approximate surface area is 150 Å². The zero-order chi connectivity index (χ0) is 19.1. The van der Waals surface area contributed by atoms with Crippen LogP contribution >= 0.6 is 0 Å². The van der Waals surface area contributed by atoms with E-state index >= 15 is 0 Å². The number of phenols is 2. The van der Waals surface area contributed by atoms with Gasteiger partial charge >= 0.3 is 0 Å². The van der Waals surface area contributed by atoms with Gasteiger partial charge in [0.1, 0.15) is 23.4 Å². The molecule has 26 heavy (non-hydrogen) atoms. The molecule has 1 aliphatic rings. The molecule has 0 fully saturated rings. The van der Waals surface area contributed by atoms with E-state index in [-0.39, 0.29) is 28.4 Å². The number of hydrogen-bond donors (Lipinski definition) is 4. The molecule has 0 bridgehead atoms. The van der Waals surface area contributed by atoms with Gasteiger partial charge < -0.3 is 25.2 Å². The fourth-order valence-corrected chi connectivity index (χ4v) is 2.91. The molecule has 2 aromatic carbocycles. The summed E-state index contributed by atoms with van der Waals surface area (Å²) in [6.45, 7) is 2.99. The van der Waals surface area contributed by atoms with Gasteiger partial charge in [0.15, 0.2) is 11.9 Å². The summed E-state index contributed by atoms with van der Waals surface area (Å²) in [5, 5.41) is 40.2. The average molecular weight is 356 g/mol. The number of allylic oxidation sites excluding steroid dienone is 1. The van der Waals surface area contributed by atoms with Gasteiger partial charge in [-0.15, -0.1) is 0 Å². The normalized spacial score (nSPS) is 19.4. The Hall–Kier alpha value is -2.83. The number of aromatic hydroxyl groups is 2. The average Bonchev–Trinajstić information content (AvgIpc) is 2.92. The maximum atomic E-state index is 12.4. The first kappa shape index (κ1) is 18.0. The SMILES string of the molecule is CC(C)(O)C1Oc2ccc(C(=O)C=Cc3ccc(O)cc3)c(O)c2C1O. The predicted molar refractivity (Wildman–Crippen MR) is 95.3 cm³/mol. The Kier molecular flexibility index (Phi) is 4.48. The lowest BCUT2D eigenvalue weighted by molar-refractivity contribution is -0.0764. The van der Waals surface area contributed by atoms with Crippen molar-refractivity contribution < 1.29 is 30.0 Å². The molecule has 0 radical (unpaired) electrons. The van der Waals surface area contributed by atoms with Crippen LogP contribution in [0, 0.1) is 0 Å². The molecule has 6 nitrogen and oxygen atoms in total. The summed E-state index contributed by atoms with van der Waals surface area (Å²) in [5.74, 6) is -0.444. The number of aliphatic hydroxyl groups is 2. The summed E-state index contributed by atoms with van der Waals surface area (Å²) < 4.78 is 5.53. The molecule has 136 valence electrons. The van der Waals surface area contributed by atoms with E-state index in [1.165, 1.54) is 44.2 Å². The molecule has 4 N–H and O–H groups in total. The maximum Gasteiger partial charge on any atom is 0.189 e. The second-order valence-electron chi connectivity index (χ2n) is 6.80. The van der Waals surface area contributed by atoms with Gasteiger partial charge in [-0.05, 0) is 49.8 Å². The van der Waals surface area contributed by atoms with Gasteiger partial charge in [0, 0.05) is 0 Å². The molecule has 1 heterocycles. The Balaban J connectivity index is 1.88. The lowest BCUT2D eigenvalue weighted by Gasteiger charge is -2.27. The lowest BCUT2D eigenvalue weighted by Crippen LogP contribution is -2.41. The first-order chi connectivity index (χ1) is 12.2. The molecule has 0 amide bonds. The van der Waals surface area contributed by atoms with Crippen molar-refractivity contribution in [2.45, 2.75) is 31.7 Å². The molecule has 3 rings (SSSR count). The number of ketones is 1. The van der Waals surface area contributed by atoms with E-state index in [4.69, 9.17) is 4.74 Å². The van der Waals surface area contributed by atoms with Crippen LogP contribution in [0.3, 0.4) is 0 Å². The predicted octanol–water partition coefficient (Wildman–Crippen LogP) is 2.56. The second-order valence-corrected chi connectivity index (χ2v) is 6.80. The van der Waals surface area contributed by atoms with Crippen molar-refractivity contribution in [1.29, 1.82) is 0 Å². The minimum absolute atomic E-state index is 0.0258. The van der Waals surface area contributed by atoms with Crippen LogP contribution in [-0.4, -0.2) is 37.9 Å². The highest BCUT2D eigenvalue weighted by Gasteiger charge is 2.44. The van der Waals surface area contributed by atoms with E-state index in [1.807, 2.05) is 0 Å². The van der Waals surface area contributed by atoms with Crippen molar-refractivity contribution in [3.05, 3.63) is 59.2 Å². The van der Waals surface area contributed by atoms with Gasteiger partial charge in [-0.25, -0.2) is 0 Å². The summed E-state index contributed by atoms with van der Waals surface area (Å²) in [4.78, 5) is 12.4. The standard InChI is InChI=1S/C20H20O6/c1-20(2,25)19-18(24)16-15(26-19)10-8-13(17(16)23)14(22)9-5-11-3-6-12(21)7-4-11/h3-10,18-19,21,23-25H,1-2H3. The summed E-state index contributed by atoms with van der Waals surface area (Å²) in [7, 11) is 0. The van der Waals surface area contributed by atoms with Crippen molar-refractivity contribution in [3.8, 4) is 17.2 Å². The molecule has 2 atom stereocenters. The van der Waals surface area contributed by atoms with Crippen LogP contribution in [0.15, 0.2) is 42.5 Å². The van der Waals surface area contributed by atoms with Crippen molar-refractivity contribution in [1.82, 2.24) is 0 Å². The highest BCUT2D eigenvalue weighted by molar-refractivity contribution is 6.09. The van der Waals surface area contributed by atoms with Crippen LogP contribution in [0.5, 0.6) is 17.2 Å². The zero-order valence-corrected chi connectivity index (χ0v) is 14.4. The molecule has 0 saturated carbocycles. The Morgan fingerprint density at radius 3 is 2.38 bits per heavy atom. The van der Waals surface area contributed by atoms with Crippen LogP contribution in [0.4, 0.5) is 0 Å². The van der Waals surface area contributed by atoms with Crippen molar-refractivity contribution in [2.24, 2.45) is 0 Å². The van der Waals surface area contributed by atoms with Crippen LogP contribution in [-0.2, 0) is 0 Å². The highest BCUT2D eigenvalue weighted by Crippen LogP contribution is 2.46. The molecule has 0 aliphatic carbocycles. The van der Waals surface area contributed by atoms with Gasteiger partial charge in [0.25, 0.3) is 0 Å². The van der Waals surface area contributed by atoms with E-state index in [2.05, 4.69) is 0 Å². The maximum absolute atomic E-state index is 12.4. The van der Waals surface area contributed by atoms with Crippen molar-refractivity contribution >= 4 is 11.9 Å². The number of aliphatic hydroxyl groups excluding tert-OH is 1. The number of phenolic OH excluding ortho intramolecular Hbond substituents is 2. The number of rotatable bonds is 4. The molecular formula is C20H20O6. The quantitative estimate of drug-likeness (QED) is 0.495. The van der Waals surface area contributed by atoms with Gasteiger partial charge in [-0.3, -0.25) is 4.79 Å². The monoisotopic (exact) mass is 356 g/mol. The van der Waals surface area contributed by atoms with Gasteiger partial charge in [0.2, 0.25) is 0 Å². The summed E-state index contributed by atoms with van der Waals surface area (Å²) in [5.41, 5.74) is -0.491. The smallest absolute Gasteiger partial charge is 0.189 e. The number of carbonyl (C=O) groups excluding carboxylic acids is 1. The summed E-state index contributed by atoms with van der Waals surface area (Å²) in [6, 6.07) is 9.20. The second kappa shape index (κ2) is 6.48. The fraction of sp³-hybridized carbons (Fsp3) is 0.250. The zero-order valence-electron chi connectivity index (χ0n) is 14.4. The molecule has 6 heteroatoms. The van der Waals surface area contributed by atoms with Gasteiger partial charge in [-0.1, -0.05) is 18.2 Å². The number of carbonyl (C=O) groups is 1. The first-order valence-electron chi connectivity index (χ1n) is 8.13. The van der Waals surface area contributed by atoms with E-state index < -0.39 is 23.6 Å². The van der Waals surface area contributed by atoms with Crippen molar-refractivity contribution in [3.63, 3.8) is 0 Å². The fourth-order valence-electron chi connectivity index (χ4n) is 2.91. The number of ether oxygens (including phenoxy) is 1. The van der Waals surface area contributed by atoms with Crippen LogP contribution in [0.25, 0.3) is 6.08 Å². The largest absolute Gasteiger partial charge is 0.508 e. The van der Waals surface area contributed by atoms with Gasteiger partial charge in [-0.2, -0.15) is 0 Å². The summed E-state index contributed by atoms with van der Waals surface area (Å²) in [6.07, 6.45) is 0.657. The van der Waals surface area contributed by atoms with Crippen LogP contribution in [0.2, 0.25) is 0 Å². The van der Waals surface area contributed by atoms with E-state index in [0.29, 0.717) is 5.56 Å². The Morgan fingerprint density at radius 1 is 1.12 bits per heavy atom. The molecular weight excluding hydrogens is 336 g/mol. The number of fused-ring (bicyclic) bond motifs is 1. The third-order valence-electron chi connectivity index (χ3n) is 4.30. The van der Waals surface area contributed by atoms with E-state index in [9.17, 15) is 25.2 Å². The highest BCUT2D eigenvalue weighted by atomic mass is 16.5. The molecule has 2 unspecified atom stereocenters. The lowest BCUT2D eigenvalue weighted by atomic mass is 9.92. The molecule has 0 saturated heterocycles. The van der Waals surface area contributed by atoms with E-state index in [1.54, 1.807) is 18.2 Å². The van der Waals surface area contributed by atoms with Crippen molar-refractivity contribution in [2.75, 3.05) is 0 Å². The third kappa shape index (κ3) is 3.29. The topological polar surface area (TPSA) is 107 Å². The molecule has 0 spiro atoms. The van der Waals surface area contributed by atoms with Gasteiger partial charge in [0.05, 0.1) is 16.7 Å². The van der Waals surface area contributed by atoms with Crippen LogP contribution in [0.1, 0.15) is 41.4 Å². The molecule has 0 aromatic heterocycles. The Morgan fingerprint density at radius 2 is 1.77 bits per heavy atom. The third-order valence-corrected chi connectivity index (χ3v) is 4.30. The molecule has 1 aliphatic heterocycles. The first-order valence-corrected chi connectivity index (χ1v) is 8.13. The number of benzene rings is 2. The number of hydrogen-bond acceptors (Lipinski definition) is 6. The minimum atomic E-state index is -1.33. The van der Waals surface area contributed by atoms with E-state index in [0.717, 1.165) is 0 Å². The summed E-state index contributed by atoms with van der Waals surface area (Å²) >= 11 is 0. The molecule has 2 aromatic rings. The minimum Gasteiger partial charge on any atom is -0.508 e. The Bertz CT molecular complexity index is 861. The van der Waals surface area contributed by atoms with Crippen LogP contribution < -0.4 is 4.74 Å².